The lowest BCUT2D eigenvalue weighted by atomic mass is 10.3. The Hall–Kier alpha value is -2.50. The maximum Gasteiger partial charge on any atom is 0.191 e. The number of hydrogen-bond donors (Lipinski definition) is 2. The first-order chi connectivity index (χ1) is 10.4. The number of para-hydroxylation sites is 1. The van der Waals surface area contributed by atoms with Crippen molar-refractivity contribution in [3.05, 3.63) is 48.4 Å². The molecule has 0 unspecified atom stereocenters. The fourth-order valence-corrected chi connectivity index (χ4v) is 1.71. The van der Waals surface area contributed by atoms with Crippen LogP contribution in [0.15, 0.2) is 52.2 Å². The number of nitrogens with zero attached hydrogens (tertiary/aromatic N) is 2. The highest BCUT2D eigenvalue weighted by Crippen LogP contribution is 2.07. The minimum atomic E-state index is 0.580. The van der Waals surface area contributed by atoms with E-state index < -0.39 is 0 Å². The summed E-state index contributed by atoms with van der Waals surface area (Å²) in [6.07, 6.45) is 2.44. The van der Waals surface area contributed by atoms with E-state index >= 15 is 0 Å². The minimum Gasteiger partial charge on any atom is -0.494 e. The Morgan fingerprint density at radius 1 is 1.24 bits per heavy atom. The van der Waals surface area contributed by atoms with Crippen LogP contribution >= 0.6 is 0 Å². The molecule has 0 spiro atoms. The molecular formula is C15H20N4O2. The number of ether oxygens (including phenoxy) is 1. The zero-order valence-electron chi connectivity index (χ0n) is 12.1. The number of hydrogen-bond acceptors (Lipinski definition) is 4. The van der Waals surface area contributed by atoms with Crippen molar-refractivity contribution in [2.75, 3.05) is 20.2 Å². The third-order valence-corrected chi connectivity index (χ3v) is 2.78. The van der Waals surface area contributed by atoms with Crippen molar-refractivity contribution in [3.63, 3.8) is 0 Å². The molecule has 2 aromatic rings. The van der Waals surface area contributed by atoms with E-state index in [1.54, 1.807) is 13.3 Å². The van der Waals surface area contributed by atoms with Crippen LogP contribution in [-0.4, -0.2) is 31.3 Å². The Morgan fingerprint density at radius 3 is 2.81 bits per heavy atom. The summed E-state index contributed by atoms with van der Waals surface area (Å²) >= 11 is 0. The molecule has 0 aliphatic heterocycles. The van der Waals surface area contributed by atoms with Crippen LogP contribution in [0.5, 0.6) is 5.75 Å². The van der Waals surface area contributed by atoms with E-state index in [1.165, 1.54) is 0 Å². The molecule has 0 saturated carbocycles. The van der Waals surface area contributed by atoms with Crippen LogP contribution in [0.2, 0.25) is 0 Å². The molecule has 1 heterocycles. The molecule has 1 aromatic heterocycles. The van der Waals surface area contributed by atoms with Gasteiger partial charge in [0.05, 0.1) is 13.2 Å². The van der Waals surface area contributed by atoms with E-state index in [1.807, 2.05) is 36.4 Å². The van der Waals surface area contributed by atoms with Gasteiger partial charge >= 0.3 is 0 Å². The standard InChI is InChI=1S/C15H20N4O2/c1-16-15(18-12-13-8-11-21-19-13)17-9-5-10-20-14-6-3-2-4-7-14/h2-4,6-8,11H,5,9-10,12H2,1H3,(H2,16,17,18). The summed E-state index contributed by atoms with van der Waals surface area (Å²) in [5.74, 6) is 1.63. The molecule has 2 N–H and O–H groups in total. The Kier molecular flexibility index (Phi) is 6.12. The molecule has 6 heteroatoms. The molecule has 112 valence electrons. The first-order valence-corrected chi connectivity index (χ1v) is 6.90. The monoisotopic (exact) mass is 288 g/mol. The second kappa shape index (κ2) is 8.63. The van der Waals surface area contributed by atoms with Crippen molar-refractivity contribution in [1.29, 1.82) is 0 Å². The second-order valence-electron chi connectivity index (χ2n) is 4.36. The predicted octanol–water partition coefficient (Wildman–Crippen LogP) is 1.81. The molecule has 0 bridgehead atoms. The molecule has 1 aromatic carbocycles. The van der Waals surface area contributed by atoms with Gasteiger partial charge in [0.2, 0.25) is 0 Å². The van der Waals surface area contributed by atoms with Gasteiger partial charge in [0, 0.05) is 19.7 Å². The quantitative estimate of drug-likeness (QED) is 0.462. The zero-order chi connectivity index (χ0) is 14.8. The van der Waals surface area contributed by atoms with Gasteiger partial charge in [-0.05, 0) is 18.6 Å². The molecule has 0 saturated heterocycles. The molecular weight excluding hydrogens is 268 g/mol. The van der Waals surface area contributed by atoms with E-state index in [0.29, 0.717) is 13.2 Å². The largest absolute Gasteiger partial charge is 0.494 e. The topological polar surface area (TPSA) is 71.7 Å². The fourth-order valence-electron chi connectivity index (χ4n) is 1.71. The van der Waals surface area contributed by atoms with Crippen molar-refractivity contribution in [2.24, 2.45) is 4.99 Å². The molecule has 0 fully saturated rings. The molecule has 0 radical (unpaired) electrons. The average Bonchev–Trinajstić information content (AvgIpc) is 3.04. The summed E-state index contributed by atoms with van der Waals surface area (Å²) in [5, 5.41) is 10.2. The Bertz CT molecular complexity index is 526. The third-order valence-electron chi connectivity index (χ3n) is 2.78. The highest BCUT2D eigenvalue weighted by atomic mass is 16.5. The smallest absolute Gasteiger partial charge is 0.191 e. The number of nitrogens with one attached hydrogen (secondary N) is 2. The van der Waals surface area contributed by atoms with E-state index in [0.717, 1.165) is 30.4 Å². The molecule has 0 aliphatic carbocycles. The summed E-state index contributed by atoms with van der Waals surface area (Å²) < 4.78 is 10.4. The highest BCUT2D eigenvalue weighted by Gasteiger charge is 2.00. The van der Waals surface area contributed by atoms with Crippen molar-refractivity contribution < 1.29 is 9.26 Å². The molecule has 6 nitrogen and oxygen atoms in total. The Morgan fingerprint density at radius 2 is 2.10 bits per heavy atom. The van der Waals surface area contributed by atoms with Gasteiger partial charge in [0.25, 0.3) is 0 Å². The Balaban J connectivity index is 1.58. The maximum atomic E-state index is 5.62. The number of aliphatic imine (C=N–C) groups is 1. The molecule has 2 rings (SSSR count). The summed E-state index contributed by atoms with van der Waals surface area (Å²) in [6, 6.07) is 11.6. The van der Waals surface area contributed by atoms with Crippen LogP contribution in [0, 0.1) is 0 Å². The third kappa shape index (κ3) is 5.56. The molecule has 0 amide bonds. The SMILES string of the molecule is CN=C(NCCCOc1ccccc1)NCc1ccon1. The average molecular weight is 288 g/mol. The van der Waals surface area contributed by atoms with Gasteiger partial charge < -0.3 is 19.9 Å². The van der Waals surface area contributed by atoms with Crippen LogP contribution in [0.3, 0.4) is 0 Å². The highest BCUT2D eigenvalue weighted by molar-refractivity contribution is 5.79. The van der Waals surface area contributed by atoms with Gasteiger partial charge in [-0.2, -0.15) is 0 Å². The zero-order valence-corrected chi connectivity index (χ0v) is 12.1. The van der Waals surface area contributed by atoms with Gasteiger partial charge in [0.15, 0.2) is 5.96 Å². The molecule has 0 atom stereocenters. The van der Waals surface area contributed by atoms with Crippen LogP contribution in [0.1, 0.15) is 12.1 Å². The minimum absolute atomic E-state index is 0.580. The molecule has 0 aliphatic rings. The lowest BCUT2D eigenvalue weighted by molar-refractivity contribution is 0.311. The van der Waals surface area contributed by atoms with Crippen LogP contribution < -0.4 is 15.4 Å². The van der Waals surface area contributed by atoms with Gasteiger partial charge in [-0.25, -0.2) is 0 Å². The second-order valence-corrected chi connectivity index (χ2v) is 4.36. The van der Waals surface area contributed by atoms with Crippen LogP contribution in [0.25, 0.3) is 0 Å². The number of rotatable bonds is 7. The van der Waals surface area contributed by atoms with Gasteiger partial charge in [-0.1, -0.05) is 23.4 Å². The summed E-state index contributed by atoms with van der Waals surface area (Å²) in [6.45, 7) is 2.03. The normalized spacial score (nSPS) is 11.2. The van der Waals surface area contributed by atoms with Crippen molar-refractivity contribution in [2.45, 2.75) is 13.0 Å². The Labute approximate surface area is 124 Å². The van der Waals surface area contributed by atoms with E-state index in [9.17, 15) is 0 Å². The van der Waals surface area contributed by atoms with Crippen molar-refractivity contribution >= 4 is 5.96 Å². The first kappa shape index (κ1) is 14.9. The number of benzene rings is 1. The number of aromatic nitrogens is 1. The van der Waals surface area contributed by atoms with Crippen LogP contribution in [-0.2, 0) is 6.54 Å². The van der Waals surface area contributed by atoms with E-state index in [2.05, 4.69) is 20.8 Å². The fraction of sp³-hybridized carbons (Fsp3) is 0.333. The first-order valence-electron chi connectivity index (χ1n) is 6.90. The van der Waals surface area contributed by atoms with Gasteiger partial charge in [0.1, 0.15) is 17.7 Å². The summed E-state index contributed by atoms with van der Waals surface area (Å²) in [7, 11) is 1.73. The van der Waals surface area contributed by atoms with Gasteiger partial charge in [-0.15, -0.1) is 0 Å². The lowest BCUT2D eigenvalue weighted by Gasteiger charge is -2.11. The van der Waals surface area contributed by atoms with Crippen molar-refractivity contribution in [3.8, 4) is 5.75 Å². The summed E-state index contributed by atoms with van der Waals surface area (Å²) in [5.41, 5.74) is 0.838. The lowest BCUT2D eigenvalue weighted by Crippen LogP contribution is -2.37. The van der Waals surface area contributed by atoms with Gasteiger partial charge in [-0.3, -0.25) is 4.99 Å². The van der Waals surface area contributed by atoms with E-state index in [4.69, 9.17) is 9.26 Å². The molecule has 21 heavy (non-hydrogen) atoms. The number of guanidine groups is 1. The van der Waals surface area contributed by atoms with Crippen molar-refractivity contribution in [1.82, 2.24) is 15.8 Å². The van der Waals surface area contributed by atoms with E-state index in [-0.39, 0.29) is 0 Å². The predicted molar refractivity (Wildman–Crippen MR) is 81.3 cm³/mol. The summed E-state index contributed by atoms with van der Waals surface area (Å²) in [4.78, 5) is 4.14. The maximum absolute atomic E-state index is 5.62. The van der Waals surface area contributed by atoms with Crippen LogP contribution in [0.4, 0.5) is 0 Å².